The van der Waals surface area contributed by atoms with Crippen molar-refractivity contribution in [1.29, 1.82) is 0 Å². The Balaban J connectivity index is 0. The molecule has 0 unspecified atom stereocenters. The molecule has 10 nitrogen and oxygen atoms in total. The average Bonchev–Trinajstić information content (AvgIpc) is 2.55. The van der Waals surface area contributed by atoms with Crippen molar-refractivity contribution in [2.24, 2.45) is 17.5 Å². The minimum Gasteiger partial charge on any atom is -0.303 e. The van der Waals surface area contributed by atoms with Crippen LogP contribution in [0.1, 0.15) is 51.4 Å². The molecule has 0 fully saturated rings. The summed E-state index contributed by atoms with van der Waals surface area (Å²) in [4.78, 5) is 41.4. The van der Waals surface area contributed by atoms with Gasteiger partial charge < -0.3 is 4.79 Å². The van der Waals surface area contributed by atoms with E-state index in [1.165, 1.54) is 0 Å². The molecule has 0 aromatic rings. The summed E-state index contributed by atoms with van der Waals surface area (Å²) in [6.07, 6.45) is 5.22. The molecule has 0 saturated carbocycles. The van der Waals surface area contributed by atoms with E-state index in [0.29, 0.717) is 38.5 Å². The van der Waals surface area contributed by atoms with Crippen LogP contribution in [0.3, 0.4) is 0 Å². The number of hydrogen-bond acceptors (Lipinski definition) is 7. The first-order valence-electron chi connectivity index (χ1n) is 6.93. The molecule has 0 aliphatic rings. The van der Waals surface area contributed by atoms with Crippen molar-refractivity contribution in [3.05, 3.63) is 0 Å². The maximum atomic E-state index is 10.6. The Hall–Kier alpha value is -2.04. The van der Waals surface area contributed by atoms with E-state index in [1.807, 2.05) is 16.3 Å². The van der Waals surface area contributed by atoms with E-state index in [-0.39, 0.29) is 17.7 Å². The Morgan fingerprint density at radius 1 is 0.682 bits per heavy atom. The van der Waals surface area contributed by atoms with Crippen LogP contribution in [0.15, 0.2) is 0 Å². The summed E-state index contributed by atoms with van der Waals surface area (Å²) in [7, 11) is 0. The lowest BCUT2D eigenvalue weighted by atomic mass is 10.2. The zero-order valence-electron chi connectivity index (χ0n) is 12.6. The Morgan fingerprint density at radius 2 is 1.00 bits per heavy atom. The molecule has 0 rings (SSSR count). The average molecular weight is 318 g/mol. The van der Waals surface area contributed by atoms with E-state index in [9.17, 15) is 19.2 Å². The van der Waals surface area contributed by atoms with Gasteiger partial charge in [0.25, 0.3) is 0 Å². The van der Waals surface area contributed by atoms with E-state index in [2.05, 4.69) is 0 Å². The highest BCUT2D eigenvalue weighted by Crippen LogP contribution is 1.98. The van der Waals surface area contributed by atoms with Crippen LogP contribution >= 0.6 is 0 Å². The Labute approximate surface area is 129 Å². The standard InChI is InChI=1S/C6H14N4O2.C6H12N2O2/c7-9-5(11)3-1-2-4-6(12)10-8;7-8-6(10)4-2-1-3-5-9/h1-4,7-8H2,(H,9,11)(H,10,12);5H,1-4,7H2,(H,8,10). The highest BCUT2D eigenvalue weighted by molar-refractivity contribution is 5.76. The molecule has 10 heteroatoms. The number of hydrazine groups is 3. The fraction of sp³-hybridized carbons (Fsp3) is 0.667. The second-order valence-electron chi connectivity index (χ2n) is 4.32. The maximum Gasteiger partial charge on any atom is 0.233 e. The second-order valence-corrected chi connectivity index (χ2v) is 4.32. The largest absolute Gasteiger partial charge is 0.303 e. The first-order chi connectivity index (χ1) is 10.5. The van der Waals surface area contributed by atoms with Crippen molar-refractivity contribution in [2.75, 3.05) is 0 Å². The van der Waals surface area contributed by atoms with E-state index in [1.54, 1.807) is 0 Å². The molecule has 0 atom stereocenters. The lowest BCUT2D eigenvalue weighted by Crippen LogP contribution is -2.30. The van der Waals surface area contributed by atoms with Crippen LogP contribution in [0.25, 0.3) is 0 Å². The smallest absolute Gasteiger partial charge is 0.233 e. The van der Waals surface area contributed by atoms with Gasteiger partial charge in [0, 0.05) is 25.7 Å². The highest BCUT2D eigenvalue weighted by atomic mass is 16.2. The fourth-order valence-electron chi connectivity index (χ4n) is 1.30. The monoisotopic (exact) mass is 318 g/mol. The van der Waals surface area contributed by atoms with Gasteiger partial charge in [-0.05, 0) is 25.7 Å². The molecule has 0 aliphatic carbocycles. The van der Waals surface area contributed by atoms with Crippen molar-refractivity contribution in [3.63, 3.8) is 0 Å². The number of hydrogen-bond donors (Lipinski definition) is 6. The topological polar surface area (TPSA) is 182 Å². The van der Waals surface area contributed by atoms with Crippen molar-refractivity contribution in [1.82, 2.24) is 16.3 Å². The lowest BCUT2D eigenvalue weighted by molar-refractivity contribution is -0.123. The first-order valence-corrected chi connectivity index (χ1v) is 6.93. The molecule has 0 spiro atoms. The summed E-state index contributed by atoms with van der Waals surface area (Å²) in [5.41, 5.74) is 6.02. The van der Waals surface area contributed by atoms with E-state index < -0.39 is 0 Å². The molecule has 0 saturated heterocycles. The molecule has 22 heavy (non-hydrogen) atoms. The molecule has 9 N–H and O–H groups in total. The molecular weight excluding hydrogens is 292 g/mol. The first kappa shape index (κ1) is 22.2. The third kappa shape index (κ3) is 18.0. The van der Waals surface area contributed by atoms with Gasteiger partial charge in [-0.15, -0.1) is 0 Å². The fourth-order valence-corrected chi connectivity index (χ4v) is 1.30. The SMILES string of the molecule is NNC(=O)CCCCC(=O)NN.NNC(=O)CCCCC=O. The van der Waals surface area contributed by atoms with Gasteiger partial charge in [-0.2, -0.15) is 0 Å². The van der Waals surface area contributed by atoms with Gasteiger partial charge in [-0.25, -0.2) is 17.5 Å². The van der Waals surface area contributed by atoms with Crippen molar-refractivity contribution in [2.45, 2.75) is 51.4 Å². The summed E-state index contributed by atoms with van der Waals surface area (Å²) in [5, 5.41) is 0. The molecule has 3 amide bonds. The van der Waals surface area contributed by atoms with Gasteiger partial charge in [0.15, 0.2) is 0 Å². The summed E-state index contributed by atoms with van der Waals surface area (Å²) >= 11 is 0. The number of rotatable bonds is 10. The van der Waals surface area contributed by atoms with Gasteiger partial charge in [0.2, 0.25) is 17.7 Å². The van der Waals surface area contributed by atoms with E-state index in [4.69, 9.17) is 17.5 Å². The number of aldehydes is 1. The van der Waals surface area contributed by atoms with Crippen LogP contribution in [-0.2, 0) is 19.2 Å². The van der Waals surface area contributed by atoms with Gasteiger partial charge >= 0.3 is 0 Å². The van der Waals surface area contributed by atoms with Crippen LogP contribution in [0, 0.1) is 0 Å². The maximum absolute atomic E-state index is 10.6. The minimum absolute atomic E-state index is 0.175. The summed E-state index contributed by atoms with van der Waals surface area (Å²) in [6, 6.07) is 0. The molecule has 0 aromatic carbocycles. The summed E-state index contributed by atoms with van der Waals surface area (Å²) < 4.78 is 0. The van der Waals surface area contributed by atoms with Crippen LogP contribution in [0.2, 0.25) is 0 Å². The van der Waals surface area contributed by atoms with Gasteiger partial charge in [0.1, 0.15) is 6.29 Å². The Kier molecular flexibility index (Phi) is 17.2. The number of nitrogens with two attached hydrogens (primary N) is 3. The van der Waals surface area contributed by atoms with Crippen molar-refractivity contribution >= 4 is 24.0 Å². The third-order valence-electron chi connectivity index (χ3n) is 2.52. The molecule has 0 radical (unpaired) electrons. The predicted molar refractivity (Wildman–Crippen MR) is 80.0 cm³/mol. The molecule has 128 valence electrons. The normalized spacial score (nSPS) is 9.05. The number of unbranched alkanes of at least 4 members (excludes halogenated alkanes) is 3. The molecular formula is C12H26N6O4. The predicted octanol–water partition coefficient (Wildman–Crippen LogP) is -1.74. The van der Waals surface area contributed by atoms with Crippen LogP contribution in [0.4, 0.5) is 0 Å². The Bertz CT molecular complexity index is 320. The summed E-state index contributed by atoms with van der Waals surface area (Å²) in [6.45, 7) is 0. The van der Waals surface area contributed by atoms with Crippen LogP contribution < -0.4 is 33.8 Å². The molecule has 0 heterocycles. The number of carbonyl (C=O) groups excluding carboxylic acids is 4. The minimum atomic E-state index is -0.219. The lowest BCUT2D eigenvalue weighted by Gasteiger charge is -1.99. The number of nitrogens with one attached hydrogen (secondary N) is 3. The van der Waals surface area contributed by atoms with E-state index >= 15 is 0 Å². The van der Waals surface area contributed by atoms with Crippen molar-refractivity contribution < 1.29 is 19.2 Å². The van der Waals surface area contributed by atoms with E-state index in [0.717, 1.165) is 19.1 Å². The zero-order chi connectivity index (χ0) is 17.2. The molecule has 0 aliphatic heterocycles. The van der Waals surface area contributed by atoms with Crippen molar-refractivity contribution in [3.8, 4) is 0 Å². The van der Waals surface area contributed by atoms with Gasteiger partial charge in [0.05, 0.1) is 0 Å². The summed E-state index contributed by atoms with van der Waals surface area (Å²) in [5.74, 6) is 13.9. The quantitative estimate of drug-likeness (QED) is 0.0908. The number of carbonyl (C=O) groups is 4. The number of amides is 3. The van der Waals surface area contributed by atoms with Gasteiger partial charge in [-0.1, -0.05) is 0 Å². The zero-order valence-corrected chi connectivity index (χ0v) is 12.6. The highest BCUT2D eigenvalue weighted by Gasteiger charge is 2.00. The van der Waals surface area contributed by atoms with Crippen LogP contribution in [-0.4, -0.2) is 24.0 Å². The Morgan fingerprint density at radius 3 is 1.27 bits per heavy atom. The third-order valence-corrected chi connectivity index (χ3v) is 2.52. The molecule has 0 bridgehead atoms. The van der Waals surface area contributed by atoms with Gasteiger partial charge in [-0.3, -0.25) is 30.7 Å². The second kappa shape index (κ2) is 17.0. The van der Waals surface area contributed by atoms with Crippen LogP contribution in [0.5, 0.6) is 0 Å². The molecule has 0 aromatic heterocycles.